The van der Waals surface area contributed by atoms with Crippen LogP contribution in [0.1, 0.15) is 5.56 Å². The lowest BCUT2D eigenvalue weighted by molar-refractivity contribution is 0.427. The van der Waals surface area contributed by atoms with Gasteiger partial charge in [-0.25, -0.2) is 12.8 Å². The maximum atomic E-state index is 13.1. The number of benzene rings is 2. The highest BCUT2D eigenvalue weighted by Crippen LogP contribution is 2.22. The number of halogens is 1. The van der Waals surface area contributed by atoms with Crippen LogP contribution in [-0.4, -0.2) is 19.8 Å². The average molecular weight is 295 g/mol. The lowest BCUT2D eigenvalue weighted by atomic mass is 10.2. The first kappa shape index (κ1) is 14.3. The minimum Gasteiger partial charge on any atom is -0.505 e. The van der Waals surface area contributed by atoms with Crippen molar-refractivity contribution in [3.05, 3.63) is 53.8 Å². The Morgan fingerprint density at radius 2 is 1.80 bits per heavy atom. The molecule has 6 heteroatoms. The second-order valence-electron chi connectivity index (χ2n) is 4.40. The van der Waals surface area contributed by atoms with Crippen molar-refractivity contribution in [1.82, 2.24) is 0 Å². The fourth-order valence-electron chi connectivity index (χ4n) is 1.72. The van der Waals surface area contributed by atoms with E-state index in [-0.39, 0.29) is 17.2 Å². The molecule has 2 aromatic carbocycles. The number of hydrogen-bond donors (Lipinski definition) is 2. The van der Waals surface area contributed by atoms with Crippen LogP contribution in [0.15, 0.2) is 47.4 Å². The van der Waals surface area contributed by atoms with E-state index in [1.807, 2.05) is 0 Å². The van der Waals surface area contributed by atoms with Gasteiger partial charge in [-0.05, 0) is 30.3 Å². The molecule has 0 bridgehead atoms. The summed E-state index contributed by atoms with van der Waals surface area (Å²) in [4.78, 5) is 0.233. The molecule has 20 heavy (non-hydrogen) atoms. The number of anilines is 1. The Morgan fingerprint density at radius 3 is 2.40 bits per heavy atom. The lowest BCUT2D eigenvalue weighted by Crippen LogP contribution is -2.01. The first-order valence-corrected chi connectivity index (χ1v) is 7.77. The number of phenolic OH excluding ortho intramolecular Hbond substituents is 1. The number of rotatable bonds is 4. The Kier molecular flexibility index (Phi) is 3.94. The maximum absolute atomic E-state index is 13.1. The molecule has 0 aromatic heterocycles. The maximum Gasteiger partial charge on any atom is 0.175 e. The molecule has 0 spiro atoms. The number of sulfone groups is 1. The molecule has 0 amide bonds. The number of aromatic hydroxyl groups is 1. The van der Waals surface area contributed by atoms with Gasteiger partial charge < -0.3 is 10.4 Å². The summed E-state index contributed by atoms with van der Waals surface area (Å²) < 4.78 is 35.8. The molecule has 0 heterocycles. The lowest BCUT2D eigenvalue weighted by Gasteiger charge is -2.09. The standard InChI is InChI=1S/C14H14FNO3S/c1-20(18,19)12-7-5-11(6-8-12)16-9-10-3-2-4-13(15)14(10)17/h2-8,16-17H,9H2,1H3. The first-order valence-electron chi connectivity index (χ1n) is 5.88. The highest BCUT2D eigenvalue weighted by Gasteiger charge is 2.08. The van der Waals surface area contributed by atoms with Gasteiger partial charge in [-0.1, -0.05) is 12.1 Å². The normalized spacial score (nSPS) is 11.3. The summed E-state index contributed by atoms with van der Waals surface area (Å²) in [5, 5.41) is 12.5. The molecular weight excluding hydrogens is 281 g/mol. The van der Waals surface area contributed by atoms with E-state index in [1.165, 1.54) is 24.3 Å². The molecule has 0 fully saturated rings. The molecule has 0 aliphatic rings. The zero-order chi connectivity index (χ0) is 14.8. The molecule has 2 aromatic rings. The zero-order valence-corrected chi connectivity index (χ0v) is 11.6. The van der Waals surface area contributed by atoms with Gasteiger partial charge in [-0.15, -0.1) is 0 Å². The summed E-state index contributed by atoms with van der Waals surface area (Å²) in [6.07, 6.45) is 1.14. The third kappa shape index (κ3) is 3.27. The number of hydrogen-bond acceptors (Lipinski definition) is 4. The predicted molar refractivity (Wildman–Crippen MR) is 74.9 cm³/mol. The van der Waals surface area contributed by atoms with Crippen LogP contribution in [0.25, 0.3) is 0 Å². The van der Waals surface area contributed by atoms with Gasteiger partial charge >= 0.3 is 0 Å². The average Bonchev–Trinajstić information content (AvgIpc) is 2.40. The molecule has 0 atom stereocenters. The van der Waals surface area contributed by atoms with Crippen molar-refractivity contribution in [3.8, 4) is 5.75 Å². The SMILES string of the molecule is CS(=O)(=O)c1ccc(NCc2cccc(F)c2O)cc1. The second-order valence-corrected chi connectivity index (χ2v) is 6.41. The highest BCUT2D eigenvalue weighted by atomic mass is 32.2. The van der Waals surface area contributed by atoms with Gasteiger partial charge in [0, 0.05) is 24.1 Å². The molecule has 0 saturated heterocycles. The number of phenols is 1. The van der Waals surface area contributed by atoms with Gasteiger partial charge in [0.2, 0.25) is 0 Å². The van der Waals surface area contributed by atoms with E-state index in [0.29, 0.717) is 11.3 Å². The van der Waals surface area contributed by atoms with Gasteiger partial charge in [-0.2, -0.15) is 0 Å². The van der Waals surface area contributed by atoms with Crippen molar-refractivity contribution in [3.63, 3.8) is 0 Å². The predicted octanol–water partition coefficient (Wildman–Crippen LogP) is 2.55. The van der Waals surface area contributed by atoms with Crippen LogP contribution >= 0.6 is 0 Å². The van der Waals surface area contributed by atoms with Crippen molar-refractivity contribution >= 4 is 15.5 Å². The van der Waals surface area contributed by atoms with Gasteiger partial charge in [0.05, 0.1) is 4.90 Å². The van der Waals surface area contributed by atoms with E-state index in [2.05, 4.69) is 5.32 Å². The second kappa shape index (κ2) is 5.50. The summed E-state index contributed by atoms with van der Waals surface area (Å²) in [6, 6.07) is 10.5. The van der Waals surface area contributed by atoms with Gasteiger partial charge in [0.1, 0.15) is 0 Å². The number of para-hydroxylation sites is 1. The molecule has 0 radical (unpaired) electrons. The third-order valence-corrected chi connectivity index (χ3v) is 3.96. The molecule has 106 valence electrons. The van der Waals surface area contributed by atoms with Gasteiger partial charge in [0.15, 0.2) is 21.4 Å². The largest absolute Gasteiger partial charge is 0.505 e. The van der Waals surface area contributed by atoms with Gasteiger partial charge in [0.25, 0.3) is 0 Å². The molecule has 0 saturated carbocycles. The summed E-state index contributed by atoms with van der Waals surface area (Å²) in [5.41, 5.74) is 1.11. The van der Waals surface area contributed by atoms with E-state index >= 15 is 0 Å². The third-order valence-electron chi connectivity index (χ3n) is 2.84. The van der Waals surface area contributed by atoms with Crippen LogP contribution in [-0.2, 0) is 16.4 Å². The van der Waals surface area contributed by atoms with Crippen LogP contribution in [0.3, 0.4) is 0 Å². The zero-order valence-electron chi connectivity index (χ0n) is 10.8. The fourth-order valence-corrected chi connectivity index (χ4v) is 2.35. The highest BCUT2D eigenvalue weighted by molar-refractivity contribution is 7.90. The Hall–Kier alpha value is -2.08. The van der Waals surface area contributed by atoms with Crippen molar-refractivity contribution < 1.29 is 17.9 Å². The smallest absolute Gasteiger partial charge is 0.175 e. The minimum atomic E-state index is -3.22. The van der Waals surface area contributed by atoms with Crippen LogP contribution in [0.2, 0.25) is 0 Å². The van der Waals surface area contributed by atoms with Gasteiger partial charge in [-0.3, -0.25) is 0 Å². The fraction of sp³-hybridized carbons (Fsp3) is 0.143. The van der Waals surface area contributed by atoms with E-state index in [1.54, 1.807) is 18.2 Å². The number of nitrogens with one attached hydrogen (secondary N) is 1. The monoisotopic (exact) mass is 295 g/mol. The van der Waals surface area contributed by atoms with Crippen LogP contribution in [0, 0.1) is 5.82 Å². The summed E-state index contributed by atoms with van der Waals surface area (Å²) in [5.74, 6) is -1.05. The molecule has 0 aliphatic heterocycles. The topological polar surface area (TPSA) is 66.4 Å². The van der Waals surface area contributed by atoms with Crippen LogP contribution < -0.4 is 5.32 Å². The van der Waals surface area contributed by atoms with Crippen molar-refractivity contribution in [1.29, 1.82) is 0 Å². The van der Waals surface area contributed by atoms with E-state index in [0.717, 1.165) is 6.26 Å². The van der Waals surface area contributed by atoms with E-state index in [9.17, 15) is 17.9 Å². The summed E-state index contributed by atoms with van der Waals surface area (Å²) in [7, 11) is -3.22. The molecule has 2 N–H and O–H groups in total. The minimum absolute atomic E-state index is 0.233. The Balaban J connectivity index is 2.10. The van der Waals surface area contributed by atoms with Crippen LogP contribution in [0.5, 0.6) is 5.75 Å². The molecule has 0 aliphatic carbocycles. The van der Waals surface area contributed by atoms with Crippen molar-refractivity contribution in [2.75, 3.05) is 11.6 Å². The Bertz CT molecular complexity index is 712. The Morgan fingerprint density at radius 1 is 1.15 bits per heavy atom. The molecule has 2 rings (SSSR count). The first-order chi connectivity index (χ1) is 9.38. The molecule has 4 nitrogen and oxygen atoms in total. The quantitative estimate of drug-likeness (QED) is 0.909. The van der Waals surface area contributed by atoms with Crippen molar-refractivity contribution in [2.24, 2.45) is 0 Å². The van der Waals surface area contributed by atoms with E-state index in [4.69, 9.17) is 0 Å². The molecular formula is C14H14FNO3S. The van der Waals surface area contributed by atoms with Crippen LogP contribution in [0.4, 0.5) is 10.1 Å². The van der Waals surface area contributed by atoms with Crippen molar-refractivity contribution in [2.45, 2.75) is 11.4 Å². The molecule has 0 unspecified atom stereocenters. The summed E-state index contributed by atoms with van der Waals surface area (Å²) in [6.45, 7) is 0.238. The van der Waals surface area contributed by atoms with E-state index < -0.39 is 15.7 Å². The summed E-state index contributed by atoms with van der Waals surface area (Å²) >= 11 is 0. The Labute approximate surface area is 116 Å².